The minimum Gasteiger partial charge on any atom is -0.313 e. The third-order valence-electron chi connectivity index (χ3n) is 4.49. The van der Waals surface area contributed by atoms with Crippen LogP contribution in [-0.4, -0.2) is 32.4 Å². The van der Waals surface area contributed by atoms with E-state index in [-0.39, 0.29) is 0 Å². The first-order chi connectivity index (χ1) is 10.1. The smallest absolute Gasteiger partial charge is 0.195 e. The van der Waals surface area contributed by atoms with Crippen molar-refractivity contribution in [1.29, 1.82) is 0 Å². The lowest BCUT2D eigenvalue weighted by Gasteiger charge is -2.44. The van der Waals surface area contributed by atoms with Gasteiger partial charge in [-0.3, -0.25) is 4.40 Å². The standard InChI is InChI=1S/C16H24N4S/c1-4-17-14-12(8-7-10-16(14,2)3)21-15-19-18-13-9-5-6-11-20(13)15/h5-6,9,11-12,14,17H,4,7-8,10H2,1-3H3. The van der Waals surface area contributed by atoms with Crippen molar-refractivity contribution >= 4 is 17.4 Å². The number of nitrogens with one attached hydrogen (secondary N) is 1. The van der Waals surface area contributed by atoms with Crippen LogP contribution in [-0.2, 0) is 0 Å². The molecule has 21 heavy (non-hydrogen) atoms. The lowest BCUT2D eigenvalue weighted by atomic mass is 9.73. The van der Waals surface area contributed by atoms with Crippen LogP contribution in [0.3, 0.4) is 0 Å². The summed E-state index contributed by atoms with van der Waals surface area (Å²) < 4.78 is 2.09. The number of hydrogen-bond donors (Lipinski definition) is 1. The Kier molecular flexibility index (Phi) is 4.22. The normalized spacial score (nSPS) is 25.3. The molecule has 0 spiro atoms. The summed E-state index contributed by atoms with van der Waals surface area (Å²) in [6.07, 6.45) is 5.88. The predicted octanol–water partition coefficient (Wildman–Crippen LogP) is 3.38. The van der Waals surface area contributed by atoms with Gasteiger partial charge in [0.1, 0.15) is 0 Å². The monoisotopic (exact) mass is 304 g/mol. The van der Waals surface area contributed by atoms with Crippen molar-refractivity contribution < 1.29 is 0 Å². The molecular weight excluding hydrogens is 280 g/mol. The molecule has 2 heterocycles. The highest BCUT2D eigenvalue weighted by Gasteiger charge is 2.39. The van der Waals surface area contributed by atoms with E-state index in [2.05, 4.69) is 40.7 Å². The molecule has 1 aliphatic rings. The van der Waals surface area contributed by atoms with E-state index in [0.29, 0.717) is 16.7 Å². The van der Waals surface area contributed by atoms with Gasteiger partial charge in [-0.25, -0.2) is 0 Å². The summed E-state index contributed by atoms with van der Waals surface area (Å²) in [5, 5.41) is 13.9. The topological polar surface area (TPSA) is 42.2 Å². The van der Waals surface area contributed by atoms with E-state index in [0.717, 1.165) is 17.3 Å². The van der Waals surface area contributed by atoms with Gasteiger partial charge in [-0.1, -0.05) is 45.0 Å². The molecule has 0 bridgehead atoms. The average Bonchev–Trinajstić information content (AvgIpc) is 2.86. The number of fused-ring (bicyclic) bond motifs is 1. The number of nitrogens with zero attached hydrogens (tertiary/aromatic N) is 3. The summed E-state index contributed by atoms with van der Waals surface area (Å²) in [5.41, 5.74) is 1.27. The van der Waals surface area contributed by atoms with Crippen molar-refractivity contribution in [2.75, 3.05) is 6.54 Å². The Morgan fingerprint density at radius 2 is 2.24 bits per heavy atom. The van der Waals surface area contributed by atoms with Gasteiger partial charge < -0.3 is 5.32 Å². The maximum Gasteiger partial charge on any atom is 0.195 e. The molecular formula is C16H24N4S. The van der Waals surface area contributed by atoms with Gasteiger partial charge in [0.15, 0.2) is 10.8 Å². The zero-order chi connectivity index (χ0) is 14.9. The van der Waals surface area contributed by atoms with Gasteiger partial charge in [0, 0.05) is 17.5 Å². The van der Waals surface area contributed by atoms with E-state index >= 15 is 0 Å². The van der Waals surface area contributed by atoms with E-state index < -0.39 is 0 Å². The second-order valence-electron chi connectivity index (χ2n) is 6.48. The van der Waals surface area contributed by atoms with Gasteiger partial charge in [0.05, 0.1) is 0 Å². The third kappa shape index (κ3) is 2.94. The minimum absolute atomic E-state index is 0.340. The zero-order valence-corrected chi connectivity index (χ0v) is 13.9. The number of hydrogen-bond acceptors (Lipinski definition) is 4. The van der Waals surface area contributed by atoms with E-state index in [1.54, 1.807) is 0 Å². The molecule has 0 radical (unpaired) electrons. The molecule has 0 aromatic carbocycles. The van der Waals surface area contributed by atoms with Crippen LogP contribution < -0.4 is 5.32 Å². The first-order valence-corrected chi connectivity index (χ1v) is 8.69. The van der Waals surface area contributed by atoms with Crippen LogP contribution in [0.1, 0.15) is 40.0 Å². The molecule has 0 saturated heterocycles. The van der Waals surface area contributed by atoms with Crippen molar-refractivity contribution in [2.24, 2.45) is 5.41 Å². The first-order valence-electron chi connectivity index (χ1n) is 7.81. The molecule has 5 heteroatoms. The second-order valence-corrected chi connectivity index (χ2v) is 7.69. The van der Waals surface area contributed by atoms with Gasteiger partial charge in [-0.05, 0) is 36.9 Å². The fourth-order valence-corrected chi connectivity index (χ4v) is 4.89. The van der Waals surface area contributed by atoms with Crippen molar-refractivity contribution in [3.63, 3.8) is 0 Å². The predicted molar refractivity (Wildman–Crippen MR) is 87.7 cm³/mol. The Hall–Kier alpha value is -1.07. The van der Waals surface area contributed by atoms with Crippen LogP contribution in [0, 0.1) is 5.41 Å². The van der Waals surface area contributed by atoms with Crippen LogP contribution in [0.15, 0.2) is 29.6 Å². The molecule has 2 unspecified atom stereocenters. The Labute approximate surface area is 130 Å². The van der Waals surface area contributed by atoms with Crippen molar-refractivity contribution in [3.05, 3.63) is 24.4 Å². The summed E-state index contributed by atoms with van der Waals surface area (Å²) >= 11 is 1.88. The molecule has 1 N–H and O–H groups in total. The van der Waals surface area contributed by atoms with Crippen LogP contribution in [0.2, 0.25) is 0 Å². The SMILES string of the molecule is CCNC1C(Sc2nnc3ccccn23)CCCC1(C)C. The fraction of sp³-hybridized carbons (Fsp3) is 0.625. The van der Waals surface area contributed by atoms with Crippen molar-refractivity contribution in [2.45, 2.75) is 56.5 Å². The van der Waals surface area contributed by atoms with Crippen molar-refractivity contribution in [3.8, 4) is 0 Å². The molecule has 4 nitrogen and oxygen atoms in total. The maximum atomic E-state index is 4.38. The molecule has 1 aliphatic carbocycles. The van der Waals surface area contributed by atoms with Crippen LogP contribution in [0.5, 0.6) is 0 Å². The van der Waals surface area contributed by atoms with E-state index in [9.17, 15) is 0 Å². The number of aromatic nitrogens is 3. The molecule has 2 aromatic rings. The summed E-state index contributed by atoms with van der Waals surface area (Å²) in [5.74, 6) is 0. The Morgan fingerprint density at radius 1 is 1.38 bits per heavy atom. The molecule has 1 fully saturated rings. The van der Waals surface area contributed by atoms with E-state index in [1.807, 2.05) is 36.2 Å². The molecule has 2 aromatic heterocycles. The van der Waals surface area contributed by atoms with Crippen LogP contribution in [0.25, 0.3) is 5.65 Å². The van der Waals surface area contributed by atoms with Gasteiger partial charge in [0.25, 0.3) is 0 Å². The highest BCUT2D eigenvalue weighted by molar-refractivity contribution is 7.99. The minimum atomic E-state index is 0.340. The lowest BCUT2D eigenvalue weighted by Crippen LogP contribution is -2.51. The molecule has 0 aliphatic heterocycles. The van der Waals surface area contributed by atoms with Gasteiger partial charge in [-0.15, -0.1) is 10.2 Å². The fourth-order valence-electron chi connectivity index (χ4n) is 3.37. The highest BCUT2D eigenvalue weighted by atomic mass is 32.2. The van der Waals surface area contributed by atoms with Crippen LogP contribution in [0.4, 0.5) is 0 Å². The largest absolute Gasteiger partial charge is 0.313 e. The summed E-state index contributed by atoms with van der Waals surface area (Å²) in [4.78, 5) is 0. The second kappa shape index (κ2) is 5.97. The number of rotatable bonds is 4. The van der Waals surface area contributed by atoms with Gasteiger partial charge >= 0.3 is 0 Å². The maximum absolute atomic E-state index is 4.38. The quantitative estimate of drug-likeness (QED) is 0.940. The van der Waals surface area contributed by atoms with Crippen LogP contribution >= 0.6 is 11.8 Å². The molecule has 1 saturated carbocycles. The lowest BCUT2D eigenvalue weighted by molar-refractivity contribution is 0.176. The highest BCUT2D eigenvalue weighted by Crippen LogP contribution is 2.42. The van der Waals surface area contributed by atoms with E-state index in [4.69, 9.17) is 0 Å². The molecule has 2 atom stereocenters. The zero-order valence-electron chi connectivity index (χ0n) is 13.0. The Morgan fingerprint density at radius 3 is 3.05 bits per heavy atom. The average molecular weight is 304 g/mol. The van der Waals surface area contributed by atoms with Gasteiger partial charge in [-0.2, -0.15) is 0 Å². The van der Waals surface area contributed by atoms with Crippen molar-refractivity contribution in [1.82, 2.24) is 19.9 Å². The summed E-state index contributed by atoms with van der Waals surface area (Å²) in [7, 11) is 0. The third-order valence-corrected chi connectivity index (χ3v) is 5.79. The van der Waals surface area contributed by atoms with E-state index in [1.165, 1.54) is 19.3 Å². The number of pyridine rings is 1. The summed E-state index contributed by atoms with van der Waals surface area (Å²) in [6.45, 7) is 7.98. The first kappa shape index (κ1) is 14.9. The summed E-state index contributed by atoms with van der Waals surface area (Å²) in [6, 6.07) is 6.57. The Bertz CT molecular complexity index is 607. The number of thioether (sulfide) groups is 1. The Balaban J connectivity index is 1.85. The molecule has 3 rings (SSSR count). The molecule has 114 valence electrons. The van der Waals surface area contributed by atoms with Gasteiger partial charge in [0.2, 0.25) is 0 Å². The molecule has 0 amide bonds.